The maximum Gasteiger partial charge on any atom is 0.338 e. The minimum Gasteiger partial charge on any atom is -0.507 e. The monoisotopic (exact) mass is 527 g/mol. The van der Waals surface area contributed by atoms with Crippen LogP contribution in [-0.4, -0.2) is 35.0 Å². The average Bonchev–Trinajstić information content (AvgIpc) is 3.14. The molecule has 39 heavy (non-hydrogen) atoms. The maximum absolute atomic E-state index is 13.5. The van der Waals surface area contributed by atoms with Crippen LogP contribution in [0.5, 0.6) is 5.75 Å². The van der Waals surface area contributed by atoms with E-state index in [9.17, 15) is 19.5 Å². The summed E-state index contributed by atoms with van der Waals surface area (Å²) in [5, 5.41) is 11.5. The molecule has 1 heterocycles. The van der Waals surface area contributed by atoms with E-state index in [-0.39, 0.29) is 29.1 Å². The molecule has 1 unspecified atom stereocenters. The van der Waals surface area contributed by atoms with E-state index < -0.39 is 23.7 Å². The molecule has 4 rings (SSSR count). The lowest BCUT2D eigenvalue weighted by molar-refractivity contribution is -0.132. The topological polar surface area (TPSA) is 93.1 Å². The highest BCUT2D eigenvalue weighted by Gasteiger charge is 2.47. The van der Waals surface area contributed by atoms with E-state index >= 15 is 0 Å². The number of anilines is 1. The van der Waals surface area contributed by atoms with Crippen LogP contribution in [0.15, 0.2) is 72.3 Å². The van der Waals surface area contributed by atoms with Crippen LogP contribution in [-0.2, 0) is 14.3 Å². The van der Waals surface area contributed by atoms with Gasteiger partial charge >= 0.3 is 5.97 Å². The Morgan fingerprint density at radius 1 is 0.872 bits per heavy atom. The van der Waals surface area contributed by atoms with E-state index in [1.54, 1.807) is 50.2 Å². The molecule has 1 amide bonds. The van der Waals surface area contributed by atoms with Crippen LogP contribution < -0.4 is 9.64 Å². The second kappa shape index (κ2) is 11.2. The Kier molecular flexibility index (Phi) is 7.90. The molecule has 0 aliphatic carbocycles. The fourth-order valence-corrected chi connectivity index (χ4v) is 4.66. The minimum atomic E-state index is -0.909. The Balaban J connectivity index is 1.87. The third-order valence-electron chi connectivity index (χ3n) is 6.32. The van der Waals surface area contributed by atoms with Crippen molar-refractivity contribution >= 4 is 29.1 Å². The van der Waals surface area contributed by atoms with Gasteiger partial charge < -0.3 is 14.6 Å². The van der Waals surface area contributed by atoms with Crippen LogP contribution in [0.2, 0.25) is 0 Å². The molecular formula is C32H33NO6. The molecule has 0 spiro atoms. The molecule has 3 aromatic carbocycles. The van der Waals surface area contributed by atoms with Crippen LogP contribution >= 0.6 is 0 Å². The summed E-state index contributed by atoms with van der Waals surface area (Å²) in [6.45, 7) is 11.1. The lowest BCUT2D eigenvalue weighted by Gasteiger charge is -2.26. The zero-order valence-electron chi connectivity index (χ0n) is 23.0. The number of carbonyl (C=O) groups is 3. The van der Waals surface area contributed by atoms with Crippen molar-refractivity contribution < 1.29 is 29.0 Å². The Morgan fingerprint density at radius 2 is 1.59 bits per heavy atom. The first-order valence-electron chi connectivity index (χ1n) is 12.9. The number of carbonyl (C=O) groups excluding carboxylic acids is 3. The summed E-state index contributed by atoms with van der Waals surface area (Å²) in [4.78, 5) is 41.0. The van der Waals surface area contributed by atoms with E-state index in [0.29, 0.717) is 22.6 Å². The zero-order chi connectivity index (χ0) is 28.4. The quantitative estimate of drug-likeness (QED) is 0.168. The van der Waals surface area contributed by atoms with E-state index in [2.05, 4.69) is 0 Å². The first-order valence-corrected chi connectivity index (χ1v) is 12.9. The molecule has 0 aromatic heterocycles. The van der Waals surface area contributed by atoms with E-state index in [1.165, 1.54) is 11.0 Å². The number of benzene rings is 3. The highest BCUT2D eigenvalue weighted by atomic mass is 16.5. The molecule has 1 aliphatic heterocycles. The number of aliphatic hydroxyl groups is 1. The number of Topliss-reactive ketones (excluding diaryl/α,β-unsaturated/α-hetero) is 1. The van der Waals surface area contributed by atoms with E-state index in [1.807, 2.05) is 52.0 Å². The smallest absolute Gasteiger partial charge is 0.338 e. The molecule has 1 N–H and O–H groups in total. The number of hydrogen-bond acceptors (Lipinski definition) is 6. The minimum absolute atomic E-state index is 0.0247. The summed E-state index contributed by atoms with van der Waals surface area (Å²) in [5.41, 5.74) is 3.33. The van der Waals surface area contributed by atoms with Gasteiger partial charge in [0.1, 0.15) is 11.5 Å². The van der Waals surface area contributed by atoms with Gasteiger partial charge in [-0.25, -0.2) is 4.79 Å². The number of rotatable bonds is 7. The Bertz CT molecular complexity index is 1470. The Labute approximate surface area is 228 Å². The van der Waals surface area contributed by atoms with Gasteiger partial charge in [0, 0.05) is 11.3 Å². The number of esters is 1. The van der Waals surface area contributed by atoms with Gasteiger partial charge in [-0.05, 0) is 89.1 Å². The first-order chi connectivity index (χ1) is 18.5. The van der Waals surface area contributed by atoms with Gasteiger partial charge in [0.25, 0.3) is 11.7 Å². The summed E-state index contributed by atoms with van der Waals surface area (Å²) >= 11 is 0. The number of hydrogen-bond donors (Lipinski definition) is 1. The summed E-state index contributed by atoms with van der Waals surface area (Å²) in [5.74, 6) is -1.75. The van der Waals surface area contributed by atoms with Crippen LogP contribution in [0.1, 0.15) is 66.3 Å². The molecule has 0 saturated carbocycles. The fourth-order valence-electron chi connectivity index (χ4n) is 4.66. The largest absolute Gasteiger partial charge is 0.507 e. The van der Waals surface area contributed by atoms with Crippen molar-refractivity contribution in [2.24, 2.45) is 0 Å². The zero-order valence-corrected chi connectivity index (χ0v) is 23.0. The van der Waals surface area contributed by atoms with Gasteiger partial charge in [0.15, 0.2) is 0 Å². The van der Waals surface area contributed by atoms with Gasteiger partial charge in [0.2, 0.25) is 0 Å². The average molecular weight is 528 g/mol. The molecule has 0 bridgehead atoms. The van der Waals surface area contributed by atoms with Gasteiger partial charge in [0.05, 0.1) is 29.4 Å². The van der Waals surface area contributed by atoms with Gasteiger partial charge in [-0.2, -0.15) is 0 Å². The number of ether oxygens (including phenoxy) is 2. The number of nitrogens with zero attached hydrogens (tertiary/aromatic N) is 1. The number of aliphatic hydroxyl groups excluding tert-OH is 1. The van der Waals surface area contributed by atoms with Crippen molar-refractivity contribution in [3.8, 4) is 5.75 Å². The molecular weight excluding hydrogens is 494 g/mol. The molecule has 0 radical (unpaired) electrons. The first kappa shape index (κ1) is 27.6. The Morgan fingerprint density at radius 3 is 2.23 bits per heavy atom. The van der Waals surface area contributed by atoms with Crippen molar-refractivity contribution in [3.63, 3.8) is 0 Å². The predicted molar refractivity (Wildman–Crippen MR) is 150 cm³/mol. The number of aryl methyl sites for hydroxylation is 2. The second-order valence-corrected chi connectivity index (χ2v) is 10.2. The SMILES string of the molecule is Cc1cccc(C2/C(=C(\O)c3ccc(OC(C)C)c(C)c3)C(=O)C(=O)N2c2cccc(C(=O)OC(C)C)c2)c1. The van der Waals surface area contributed by atoms with Crippen molar-refractivity contribution in [2.45, 2.75) is 59.8 Å². The lowest BCUT2D eigenvalue weighted by atomic mass is 9.93. The fraction of sp³-hybridized carbons (Fsp3) is 0.281. The summed E-state index contributed by atoms with van der Waals surface area (Å²) in [7, 11) is 0. The maximum atomic E-state index is 13.5. The second-order valence-electron chi connectivity index (χ2n) is 10.2. The van der Waals surface area contributed by atoms with Crippen LogP contribution in [0.3, 0.4) is 0 Å². The molecule has 3 aromatic rings. The Hall–Kier alpha value is -4.39. The standard InChI is InChI=1S/C32H33NO6/c1-18(2)38-26-14-13-23(16-21(26)6)29(34)27-28(22-10-7-9-20(5)15-22)33(31(36)30(27)35)25-12-8-11-24(17-25)32(37)39-19(3)4/h7-19,28,34H,1-6H3/b29-27+. The van der Waals surface area contributed by atoms with E-state index in [4.69, 9.17) is 9.47 Å². The van der Waals surface area contributed by atoms with Crippen molar-refractivity contribution in [2.75, 3.05) is 4.90 Å². The van der Waals surface area contributed by atoms with Crippen LogP contribution in [0.25, 0.3) is 5.76 Å². The van der Waals surface area contributed by atoms with Crippen molar-refractivity contribution in [3.05, 3.63) is 100 Å². The van der Waals surface area contributed by atoms with Gasteiger partial charge in [-0.15, -0.1) is 0 Å². The predicted octanol–water partition coefficient (Wildman–Crippen LogP) is 6.28. The van der Waals surface area contributed by atoms with Crippen LogP contribution in [0, 0.1) is 13.8 Å². The molecule has 1 aliphatic rings. The number of ketones is 1. The third-order valence-corrected chi connectivity index (χ3v) is 6.32. The summed E-state index contributed by atoms with van der Waals surface area (Å²) in [6, 6.07) is 18.1. The molecule has 202 valence electrons. The third kappa shape index (κ3) is 5.72. The molecule has 7 nitrogen and oxygen atoms in total. The van der Waals surface area contributed by atoms with E-state index in [0.717, 1.165) is 11.1 Å². The molecule has 1 saturated heterocycles. The summed E-state index contributed by atoms with van der Waals surface area (Å²) < 4.78 is 11.1. The number of amides is 1. The van der Waals surface area contributed by atoms with Crippen LogP contribution in [0.4, 0.5) is 5.69 Å². The normalized spacial score (nSPS) is 16.7. The summed E-state index contributed by atoms with van der Waals surface area (Å²) in [6.07, 6.45) is -0.341. The molecule has 1 atom stereocenters. The van der Waals surface area contributed by atoms with Crippen molar-refractivity contribution in [1.29, 1.82) is 0 Å². The van der Waals surface area contributed by atoms with Gasteiger partial charge in [-0.3, -0.25) is 14.5 Å². The lowest BCUT2D eigenvalue weighted by Crippen LogP contribution is -2.29. The van der Waals surface area contributed by atoms with Gasteiger partial charge in [-0.1, -0.05) is 35.9 Å². The molecule has 7 heteroatoms. The molecule has 1 fully saturated rings. The highest BCUT2D eigenvalue weighted by Crippen LogP contribution is 2.43. The highest BCUT2D eigenvalue weighted by molar-refractivity contribution is 6.51. The van der Waals surface area contributed by atoms with Crippen molar-refractivity contribution in [1.82, 2.24) is 0 Å².